The summed E-state index contributed by atoms with van der Waals surface area (Å²) in [5, 5.41) is 7.05. The van der Waals surface area contributed by atoms with Gasteiger partial charge in [-0.1, -0.05) is 23.8 Å². The zero-order valence-electron chi connectivity index (χ0n) is 17.3. The lowest BCUT2D eigenvalue weighted by molar-refractivity contribution is 0.538. The van der Waals surface area contributed by atoms with Crippen LogP contribution in [0.4, 0.5) is 17.1 Å². The standard InChI is InChI=1S/C24H29N5/c1-19(2)17-25-18-29(3)15-14-27-24-16-21(28-20-8-5-4-6-9-20)11-12-22(24)23-10-7-13-26-23/h4-13,16-18,26-28H,14-15H2,1-3H3. The fraction of sp³-hybridized carbons (Fsp3) is 0.208. The first kappa shape index (κ1) is 20.3. The van der Waals surface area contributed by atoms with Crippen LogP contribution < -0.4 is 10.6 Å². The molecule has 0 bridgehead atoms. The first-order valence-electron chi connectivity index (χ1n) is 9.82. The van der Waals surface area contributed by atoms with Gasteiger partial charge in [0.1, 0.15) is 0 Å². The minimum Gasteiger partial charge on any atom is -0.383 e. The fourth-order valence-corrected chi connectivity index (χ4v) is 2.91. The highest BCUT2D eigenvalue weighted by Gasteiger charge is 2.08. The number of para-hydroxylation sites is 1. The molecule has 0 aliphatic heterocycles. The average Bonchev–Trinajstić information content (AvgIpc) is 3.23. The van der Waals surface area contributed by atoms with E-state index in [1.807, 2.05) is 63.9 Å². The molecule has 150 valence electrons. The molecule has 3 aromatic rings. The van der Waals surface area contributed by atoms with Crippen molar-refractivity contribution in [3.8, 4) is 11.3 Å². The van der Waals surface area contributed by atoms with Crippen LogP contribution in [0.15, 0.2) is 83.6 Å². The molecule has 1 aromatic heterocycles. The number of benzene rings is 2. The summed E-state index contributed by atoms with van der Waals surface area (Å²) in [5.74, 6) is 0. The van der Waals surface area contributed by atoms with E-state index in [1.165, 1.54) is 5.57 Å². The van der Waals surface area contributed by atoms with Gasteiger partial charge in [-0.15, -0.1) is 0 Å². The van der Waals surface area contributed by atoms with Crippen molar-refractivity contribution in [2.24, 2.45) is 4.99 Å². The Bertz CT molecular complexity index is 939. The quantitative estimate of drug-likeness (QED) is 0.325. The summed E-state index contributed by atoms with van der Waals surface area (Å²) >= 11 is 0. The van der Waals surface area contributed by atoms with Crippen LogP contribution in [-0.4, -0.2) is 36.4 Å². The molecule has 0 saturated carbocycles. The van der Waals surface area contributed by atoms with Gasteiger partial charge in [0.05, 0.1) is 6.34 Å². The molecule has 0 saturated heterocycles. The van der Waals surface area contributed by atoms with Crippen molar-refractivity contribution in [3.63, 3.8) is 0 Å². The summed E-state index contributed by atoms with van der Waals surface area (Å²) in [6, 6.07) is 20.7. The van der Waals surface area contributed by atoms with E-state index in [-0.39, 0.29) is 0 Å². The van der Waals surface area contributed by atoms with Crippen molar-refractivity contribution in [3.05, 3.63) is 78.6 Å². The van der Waals surface area contributed by atoms with Crippen LogP contribution >= 0.6 is 0 Å². The number of aliphatic imine (C=N–C) groups is 1. The smallest absolute Gasteiger partial charge is 0.0902 e. The molecule has 0 atom stereocenters. The highest BCUT2D eigenvalue weighted by molar-refractivity contribution is 5.80. The van der Waals surface area contributed by atoms with E-state index < -0.39 is 0 Å². The Morgan fingerprint density at radius 3 is 2.59 bits per heavy atom. The minimum absolute atomic E-state index is 0.805. The highest BCUT2D eigenvalue weighted by Crippen LogP contribution is 2.30. The summed E-state index contributed by atoms with van der Waals surface area (Å²) in [6.45, 7) is 5.73. The summed E-state index contributed by atoms with van der Waals surface area (Å²) in [7, 11) is 2.03. The maximum atomic E-state index is 4.31. The van der Waals surface area contributed by atoms with E-state index in [2.05, 4.69) is 61.9 Å². The Morgan fingerprint density at radius 2 is 1.86 bits per heavy atom. The Hall–Kier alpha value is -3.47. The van der Waals surface area contributed by atoms with Crippen molar-refractivity contribution in [1.29, 1.82) is 0 Å². The molecule has 0 amide bonds. The number of H-pyrrole nitrogens is 1. The molecule has 2 aromatic carbocycles. The monoisotopic (exact) mass is 387 g/mol. The number of hydrogen-bond donors (Lipinski definition) is 3. The number of nitrogens with zero attached hydrogens (tertiary/aromatic N) is 2. The lowest BCUT2D eigenvalue weighted by Crippen LogP contribution is -2.23. The van der Waals surface area contributed by atoms with Gasteiger partial charge in [-0.25, -0.2) is 4.99 Å². The normalized spacial score (nSPS) is 10.7. The molecule has 0 aliphatic rings. The summed E-state index contributed by atoms with van der Waals surface area (Å²) in [5.41, 5.74) is 6.63. The third kappa shape index (κ3) is 6.28. The molecular weight excluding hydrogens is 358 g/mol. The number of anilines is 3. The molecule has 0 unspecified atom stereocenters. The SMILES string of the molecule is CC(C)=CN=CN(C)CCNc1cc(Nc2ccccc2)ccc1-c1ccc[nH]1. The van der Waals surface area contributed by atoms with Crippen LogP contribution in [0, 0.1) is 0 Å². The van der Waals surface area contributed by atoms with Crippen LogP contribution in [-0.2, 0) is 0 Å². The van der Waals surface area contributed by atoms with Gasteiger partial charge in [-0.2, -0.15) is 0 Å². The second-order valence-electron chi connectivity index (χ2n) is 7.21. The van der Waals surface area contributed by atoms with Crippen molar-refractivity contribution >= 4 is 23.4 Å². The van der Waals surface area contributed by atoms with E-state index in [0.717, 1.165) is 41.4 Å². The number of hydrogen-bond acceptors (Lipinski definition) is 3. The molecule has 0 radical (unpaired) electrons. The second kappa shape index (κ2) is 10.2. The minimum atomic E-state index is 0.805. The van der Waals surface area contributed by atoms with Crippen LogP contribution in [0.1, 0.15) is 13.8 Å². The van der Waals surface area contributed by atoms with E-state index in [4.69, 9.17) is 0 Å². The van der Waals surface area contributed by atoms with Gasteiger partial charge in [-0.3, -0.25) is 0 Å². The molecule has 3 N–H and O–H groups in total. The van der Waals surface area contributed by atoms with Gasteiger partial charge >= 0.3 is 0 Å². The second-order valence-corrected chi connectivity index (χ2v) is 7.21. The third-order valence-electron chi connectivity index (χ3n) is 4.35. The largest absolute Gasteiger partial charge is 0.383 e. The Kier molecular flexibility index (Phi) is 7.11. The first-order chi connectivity index (χ1) is 14.1. The maximum Gasteiger partial charge on any atom is 0.0902 e. The summed E-state index contributed by atoms with van der Waals surface area (Å²) in [6.07, 6.45) is 5.67. The number of allylic oxidation sites excluding steroid dienone is 1. The maximum absolute atomic E-state index is 4.31. The molecule has 0 aliphatic carbocycles. The van der Waals surface area contributed by atoms with Crippen LogP contribution in [0.3, 0.4) is 0 Å². The zero-order chi connectivity index (χ0) is 20.5. The third-order valence-corrected chi connectivity index (χ3v) is 4.35. The highest BCUT2D eigenvalue weighted by atomic mass is 15.1. The fourth-order valence-electron chi connectivity index (χ4n) is 2.91. The number of nitrogens with one attached hydrogen (secondary N) is 3. The molecule has 3 rings (SSSR count). The van der Waals surface area contributed by atoms with Gasteiger partial charge in [0.2, 0.25) is 0 Å². The predicted octanol–water partition coefficient (Wildman–Crippen LogP) is 5.72. The number of rotatable bonds is 9. The molecular formula is C24H29N5. The van der Waals surface area contributed by atoms with Crippen LogP contribution in [0.25, 0.3) is 11.3 Å². The van der Waals surface area contributed by atoms with E-state index in [0.29, 0.717) is 0 Å². The molecule has 0 fully saturated rings. The van der Waals surface area contributed by atoms with Gasteiger partial charge < -0.3 is 20.5 Å². The predicted molar refractivity (Wildman–Crippen MR) is 125 cm³/mol. The molecule has 5 heteroatoms. The number of likely N-dealkylation sites (N-methyl/N-ethyl adjacent to an activating group) is 1. The topological polar surface area (TPSA) is 55.4 Å². The lowest BCUT2D eigenvalue weighted by atomic mass is 10.1. The van der Waals surface area contributed by atoms with Crippen molar-refractivity contribution in [1.82, 2.24) is 9.88 Å². The van der Waals surface area contributed by atoms with Crippen LogP contribution in [0.5, 0.6) is 0 Å². The zero-order valence-corrected chi connectivity index (χ0v) is 17.3. The Morgan fingerprint density at radius 1 is 1.03 bits per heavy atom. The van der Waals surface area contributed by atoms with Gasteiger partial charge in [0, 0.05) is 60.9 Å². The molecule has 5 nitrogen and oxygen atoms in total. The van der Waals surface area contributed by atoms with Crippen molar-refractivity contribution in [2.45, 2.75) is 13.8 Å². The molecule has 0 spiro atoms. The van der Waals surface area contributed by atoms with E-state index >= 15 is 0 Å². The van der Waals surface area contributed by atoms with Gasteiger partial charge in [0.15, 0.2) is 0 Å². The lowest BCUT2D eigenvalue weighted by Gasteiger charge is -2.17. The van der Waals surface area contributed by atoms with Crippen molar-refractivity contribution < 1.29 is 0 Å². The van der Waals surface area contributed by atoms with Crippen molar-refractivity contribution in [2.75, 3.05) is 30.8 Å². The van der Waals surface area contributed by atoms with E-state index in [1.54, 1.807) is 0 Å². The van der Waals surface area contributed by atoms with Gasteiger partial charge in [0.25, 0.3) is 0 Å². The number of aromatic amines is 1. The Labute approximate surface area is 173 Å². The molecule has 29 heavy (non-hydrogen) atoms. The van der Waals surface area contributed by atoms with Crippen LogP contribution in [0.2, 0.25) is 0 Å². The number of aromatic nitrogens is 1. The molecule has 1 heterocycles. The Balaban J connectivity index is 1.71. The van der Waals surface area contributed by atoms with Gasteiger partial charge in [-0.05, 0) is 56.3 Å². The summed E-state index contributed by atoms with van der Waals surface area (Å²) in [4.78, 5) is 9.69. The van der Waals surface area contributed by atoms with E-state index in [9.17, 15) is 0 Å². The summed E-state index contributed by atoms with van der Waals surface area (Å²) < 4.78 is 0. The average molecular weight is 388 g/mol. The first-order valence-corrected chi connectivity index (χ1v) is 9.82.